The molecule has 0 aliphatic carbocycles. The maximum atomic E-state index is 10.6. The molecular weight excluding hydrogens is 290 g/mol. The van der Waals surface area contributed by atoms with E-state index in [9.17, 15) is 14.9 Å². The number of aromatic nitrogens is 2. The Kier molecular flexibility index (Phi) is 4.07. The van der Waals surface area contributed by atoms with Crippen molar-refractivity contribution in [2.75, 3.05) is 0 Å². The molecule has 9 heteroatoms. The Hall–Kier alpha value is -2.00. The van der Waals surface area contributed by atoms with E-state index in [1.165, 1.54) is 41.4 Å². The normalized spacial score (nSPS) is 10.3. The zero-order chi connectivity index (χ0) is 13.8. The molecule has 0 bridgehead atoms. The molecule has 0 unspecified atom stereocenters. The summed E-state index contributed by atoms with van der Waals surface area (Å²) in [7, 11) is 0. The lowest BCUT2D eigenvalue weighted by atomic mass is 10.3. The largest absolute Gasteiger partial charge is 0.481 e. The number of carbonyl (C=O) groups is 1. The third-order valence-corrected chi connectivity index (χ3v) is 3.90. The van der Waals surface area contributed by atoms with E-state index in [0.29, 0.717) is 15.1 Å². The monoisotopic (exact) mass is 297 g/mol. The van der Waals surface area contributed by atoms with Crippen LogP contribution in [0, 0.1) is 10.1 Å². The number of nitro groups is 1. The van der Waals surface area contributed by atoms with Crippen LogP contribution in [0.1, 0.15) is 5.69 Å². The summed E-state index contributed by atoms with van der Waals surface area (Å²) in [5.41, 5.74) is 0.422. The van der Waals surface area contributed by atoms with E-state index < -0.39 is 10.9 Å². The molecule has 0 radical (unpaired) electrons. The summed E-state index contributed by atoms with van der Waals surface area (Å²) in [6.45, 7) is 0. The zero-order valence-corrected chi connectivity index (χ0v) is 11.0. The molecule has 0 saturated heterocycles. The van der Waals surface area contributed by atoms with Crippen LogP contribution in [0.2, 0.25) is 0 Å². The molecule has 19 heavy (non-hydrogen) atoms. The number of hydrogen-bond donors (Lipinski definition) is 1. The lowest BCUT2D eigenvalue weighted by molar-refractivity contribution is -0.385. The molecule has 0 aliphatic heterocycles. The van der Waals surface area contributed by atoms with Gasteiger partial charge in [0, 0.05) is 23.7 Å². The maximum absolute atomic E-state index is 10.6. The number of carboxylic acids is 1. The molecule has 0 atom stereocenters. The summed E-state index contributed by atoms with van der Waals surface area (Å²) < 4.78 is 0.601. The molecule has 0 spiro atoms. The standard InChI is InChI=1S/C10H7N3O4S2/c14-9(15)3-6-5-18-10(12-6)19-8-4-7(13(16)17)1-2-11-8/h1-2,4-5H,3H2,(H,14,15). The SMILES string of the molecule is O=C(O)Cc1csc(Sc2cc([N+](=O)[O-])ccn2)n1. The number of thiazole rings is 1. The van der Waals surface area contributed by atoms with E-state index in [1.54, 1.807) is 5.38 Å². The maximum Gasteiger partial charge on any atom is 0.309 e. The minimum absolute atomic E-state index is 0.0418. The Morgan fingerprint density at radius 3 is 3.05 bits per heavy atom. The van der Waals surface area contributed by atoms with Gasteiger partial charge in [0.25, 0.3) is 5.69 Å². The Morgan fingerprint density at radius 2 is 2.37 bits per heavy atom. The van der Waals surface area contributed by atoms with Gasteiger partial charge in [-0.2, -0.15) is 0 Å². The smallest absolute Gasteiger partial charge is 0.309 e. The summed E-state index contributed by atoms with van der Waals surface area (Å²) >= 11 is 2.45. The van der Waals surface area contributed by atoms with Crippen LogP contribution in [0.5, 0.6) is 0 Å². The summed E-state index contributed by atoms with van der Waals surface area (Å²) in [5.74, 6) is -0.949. The third kappa shape index (κ3) is 3.73. The highest BCUT2D eigenvalue weighted by Gasteiger charge is 2.11. The fourth-order valence-corrected chi connectivity index (χ4v) is 3.00. The van der Waals surface area contributed by atoms with Gasteiger partial charge >= 0.3 is 5.97 Å². The second kappa shape index (κ2) is 5.76. The van der Waals surface area contributed by atoms with E-state index in [0.717, 1.165) is 0 Å². The van der Waals surface area contributed by atoms with Crippen molar-refractivity contribution < 1.29 is 14.8 Å². The highest BCUT2D eigenvalue weighted by Crippen LogP contribution is 2.30. The van der Waals surface area contributed by atoms with E-state index in [-0.39, 0.29) is 12.1 Å². The molecule has 1 N–H and O–H groups in total. The first-order chi connectivity index (χ1) is 9.04. The Bertz CT molecular complexity index is 629. The number of carboxylic acid groups (broad SMARTS) is 1. The first kappa shape index (κ1) is 13.4. The molecule has 2 rings (SSSR count). The minimum Gasteiger partial charge on any atom is -0.481 e. The van der Waals surface area contributed by atoms with Gasteiger partial charge in [-0.15, -0.1) is 11.3 Å². The average Bonchev–Trinajstić information content (AvgIpc) is 2.76. The molecule has 2 aromatic rings. The van der Waals surface area contributed by atoms with Crippen LogP contribution in [0.25, 0.3) is 0 Å². The summed E-state index contributed by atoms with van der Waals surface area (Å²) in [6.07, 6.45) is 1.21. The van der Waals surface area contributed by atoms with Crippen LogP contribution < -0.4 is 0 Å². The number of aliphatic carboxylic acids is 1. The van der Waals surface area contributed by atoms with Crippen molar-refractivity contribution in [1.29, 1.82) is 0 Å². The van der Waals surface area contributed by atoms with Crippen molar-refractivity contribution >= 4 is 34.8 Å². The van der Waals surface area contributed by atoms with E-state index >= 15 is 0 Å². The van der Waals surface area contributed by atoms with Crippen LogP contribution in [-0.4, -0.2) is 26.0 Å². The number of nitrogens with zero attached hydrogens (tertiary/aromatic N) is 3. The first-order valence-electron chi connectivity index (χ1n) is 4.99. The highest BCUT2D eigenvalue weighted by atomic mass is 32.2. The summed E-state index contributed by atoms with van der Waals surface area (Å²) in [5, 5.41) is 21.4. The summed E-state index contributed by atoms with van der Waals surface area (Å²) in [4.78, 5) is 28.8. The molecule has 7 nitrogen and oxygen atoms in total. The van der Waals surface area contributed by atoms with Crippen LogP contribution in [-0.2, 0) is 11.2 Å². The number of pyridine rings is 1. The second-order valence-electron chi connectivity index (χ2n) is 3.39. The average molecular weight is 297 g/mol. The van der Waals surface area contributed by atoms with Crippen molar-refractivity contribution in [2.45, 2.75) is 15.8 Å². The summed E-state index contributed by atoms with van der Waals surface area (Å²) in [6, 6.07) is 2.66. The Balaban J connectivity index is 2.12. The van der Waals surface area contributed by atoms with Gasteiger partial charge in [0.05, 0.1) is 17.0 Å². The van der Waals surface area contributed by atoms with Gasteiger partial charge in [-0.1, -0.05) is 0 Å². The molecule has 0 fully saturated rings. The van der Waals surface area contributed by atoms with Crippen LogP contribution in [0.3, 0.4) is 0 Å². The zero-order valence-electron chi connectivity index (χ0n) is 9.35. The Labute approximate surface area is 115 Å². The van der Waals surface area contributed by atoms with Gasteiger partial charge in [0.1, 0.15) is 5.03 Å². The fourth-order valence-electron chi connectivity index (χ4n) is 1.23. The number of rotatable bonds is 5. The lowest BCUT2D eigenvalue weighted by Crippen LogP contribution is -1.99. The number of hydrogen-bond acceptors (Lipinski definition) is 7. The molecular formula is C10H7N3O4S2. The molecule has 0 aromatic carbocycles. The minimum atomic E-state index is -0.949. The lowest BCUT2D eigenvalue weighted by Gasteiger charge is -1.96. The van der Waals surface area contributed by atoms with Crippen molar-refractivity contribution in [3.63, 3.8) is 0 Å². The van der Waals surface area contributed by atoms with Crippen LogP contribution in [0.4, 0.5) is 5.69 Å². The van der Waals surface area contributed by atoms with E-state index in [1.807, 2.05) is 0 Å². The molecule has 0 amide bonds. The molecule has 2 heterocycles. The molecule has 0 aliphatic rings. The fraction of sp³-hybridized carbons (Fsp3) is 0.100. The van der Waals surface area contributed by atoms with Gasteiger partial charge in [-0.05, 0) is 11.8 Å². The molecule has 98 valence electrons. The van der Waals surface area contributed by atoms with Gasteiger partial charge in [-0.3, -0.25) is 14.9 Å². The molecule has 2 aromatic heterocycles. The van der Waals surface area contributed by atoms with Crippen molar-refractivity contribution in [2.24, 2.45) is 0 Å². The van der Waals surface area contributed by atoms with Gasteiger partial charge in [0.2, 0.25) is 0 Å². The second-order valence-corrected chi connectivity index (χ2v) is 5.51. The van der Waals surface area contributed by atoms with E-state index in [2.05, 4.69) is 9.97 Å². The predicted molar refractivity (Wildman–Crippen MR) is 68.5 cm³/mol. The first-order valence-corrected chi connectivity index (χ1v) is 6.68. The van der Waals surface area contributed by atoms with Crippen molar-refractivity contribution in [3.05, 3.63) is 39.5 Å². The highest BCUT2D eigenvalue weighted by molar-refractivity contribution is 8.01. The van der Waals surface area contributed by atoms with Gasteiger partial charge in [0.15, 0.2) is 4.34 Å². The van der Waals surface area contributed by atoms with Crippen LogP contribution in [0.15, 0.2) is 33.1 Å². The quantitative estimate of drug-likeness (QED) is 0.666. The third-order valence-electron chi connectivity index (χ3n) is 1.98. The van der Waals surface area contributed by atoms with Crippen LogP contribution >= 0.6 is 23.1 Å². The Morgan fingerprint density at radius 1 is 1.58 bits per heavy atom. The van der Waals surface area contributed by atoms with Gasteiger partial charge in [-0.25, -0.2) is 9.97 Å². The topological polar surface area (TPSA) is 106 Å². The van der Waals surface area contributed by atoms with Crippen molar-refractivity contribution in [3.8, 4) is 0 Å². The predicted octanol–water partition coefficient (Wildman–Crippen LogP) is 2.22. The van der Waals surface area contributed by atoms with Gasteiger partial charge < -0.3 is 5.11 Å². The molecule has 0 saturated carbocycles. The van der Waals surface area contributed by atoms with Crippen molar-refractivity contribution in [1.82, 2.24) is 9.97 Å². The van der Waals surface area contributed by atoms with E-state index in [4.69, 9.17) is 5.11 Å².